The number of amides is 2. The van der Waals surface area contributed by atoms with Crippen molar-refractivity contribution < 1.29 is 19.5 Å². The summed E-state index contributed by atoms with van der Waals surface area (Å²) < 4.78 is 0. The summed E-state index contributed by atoms with van der Waals surface area (Å²) >= 11 is 0. The molecule has 6 nitrogen and oxygen atoms in total. The zero-order valence-corrected chi connectivity index (χ0v) is 27.8. The summed E-state index contributed by atoms with van der Waals surface area (Å²) in [4.78, 5) is 36.6. The third-order valence-corrected chi connectivity index (χ3v) is 12.7. The van der Waals surface area contributed by atoms with Crippen LogP contribution in [0.5, 0.6) is 0 Å². The molecule has 0 radical (unpaired) electrons. The molecule has 0 aromatic rings. The van der Waals surface area contributed by atoms with Gasteiger partial charge in [0, 0.05) is 12.5 Å². The number of carboxylic acid groups (broad SMARTS) is 1. The van der Waals surface area contributed by atoms with Crippen molar-refractivity contribution in [2.75, 3.05) is 6.54 Å². The van der Waals surface area contributed by atoms with E-state index in [1.54, 1.807) is 0 Å². The molecule has 0 heterocycles. The standard InChI is InChI=1S/C37H60N2O4/c1-7-33(40)38-22-9-8-13-32(35(42)43)39-34(41)26-18-20-36(5)27(23-26)14-15-28-30-17-16-29(25(4)12-10-11-24(2)3)37(30,6)21-19-31(28)36/h7,14,24-26,28-32H,1,8-13,15-23H2,2-6H3,(H,38,40)(H,39,41)(H,42,43). The van der Waals surface area contributed by atoms with Gasteiger partial charge in [-0.2, -0.15) is 0 Å². The van der Waals surface area contributed by atoms with E-state index >= 15 is 0 Å². The maximum absolute atomic E-state index is 13.3. The van der Waals surface area contributed by atoms with E-state index in [0.29, 0.717) is 37.1 Å². The Morgan fingerprint density at radius 2 is 1.77 bits per heavy atom. The zero-order chi connectivity index (χ0) is 31.4. The molecular formula is C37H60N2O4. The van der Waals surface area contributed by atoms with Crippen LogP contribution in [-0.4, -0.2) is 35.5 Å². The average molecular weight is 597 g/mol. The third-order valence-electron chi connectivity index (χ3n) is 12.7. The lowest BCUT2D eigenvalue weighted by molar-refractivity contribution is -0.143. The van der Waals surface area contributed by atoms with E-state index in [0.717, 1.165) is 55.3 Å². The van der Waals surface area contributed by atoms with Gasteiger partial charge in [-0.3, -0.25) is 9.59 Å². The van der Waals surface area contributed by atoms with Crippen molar-refractivity contribution in [2.45, 2.75) is 131 Å². The first-order valence-corrected chi connectivity index (χ1v) is 17.5. The quantitative estimate of drug-likeness (QED) is 0.109. The fraction of sp³-hybridized carbons (Fsp3) is 0.811. The molecule has 9 unspecified atom stereocenters. The SMILES string of the molecule is C=CC(=O)NCCCCC(NC(=O)C1CCC2(C)C(=CCC3C2CCC2(C)C(C(C)CCCC(C)C)CCC32)C1)C(=O)O. The van der Waals surface area contributed by atoms with Crippen molar-refractivity contribution in [2.24, 2.45) is 52.3 Å². The van der Waals surface area contributed by atoms with Crippen LogP contribution in [-0.2, 0) is 14.4 Å². The molecule has 0 aromatic heterocycles. The van der Waals surface area contributed by atoms with E-state index in [-0.39, 0.29) is 23.1 Å². The molecule has 3 N–H and O–H groups in total. The monoisotopic (exact) mass is 596 g/mol. The number of hydrogen-bond donors (Lipinski definition) is 3. The van der Waals surface area contributed by atoms with Crippen molar-refractivity contribution in [1.29, 1.82) is 0 Å². The van der Waals surface area contributed by atoms with Crippen LogP contribution in [0.1, 0.15) is 125 Å². The molecule has 0 saturated heterocycles. The topological polar surface area (TPSA) is 95.5 Å². The Morgan fingerprint density at radius 1 is 1.00 bits per heavy atom. The molecule has 0 spiro atoms. The van der Waals surface area contributed by atoms with Gasteiger partial charge in [-0.15, -0.1) is 0 Å². The lowest BCUT2D eigenvalue weighted by Crippen LogP contribution is -2.51. The Kier molecular flexibility index (Phi) is 11.3. The number of carboxylic acids is 1. The number of rotatable bonds is 14. The molecule has 9 atom stereocenters. The highest BCUT2D eigenvalue weighted by molar-refractivity contribution is 5.86. The summed E-state index contributed by atoms with van der Waals surface area (Å²) in [6.45, 7) is 16.3. The fourth-order valence-electron chi connectivity index (χ4n) is 10.2. The van der Waals surface area contributed by atoms with Gasteiger partial charge in [0.2, 0.25) is 11.8 Å². The summed E-state index contributed by atoms with van der Waals surface area (Å²) in [5.41, 5.74) is 2.11. The Balaban J connectivity index is 1.34. The van der Waals surface area contributed by atoms with Crippen LogP contribution in [0.25, 0.3) is 0 Å². The number of carbonyl (C=O) groups excluding carboxylic acids is 2. The lowest BCUT2D eigenvalue weighted by Gasteiger charge is -2.58. The minimum atomic E-state index is -0.988. The first-order chi connectivity index (χ1) is 20.4. The van der Waals surface area contributed by atoms with Crippen molar-refractivity contribution in [3.63, 3.8) is 0 Å². The van der Waals surface area contributed by atoms with E-state index in [1.165, 1.54) is 56.6 Å². The summed E-state index contributed by atoms with van der Waals surface area (Å²) in [7, 11) is 0. The highest BCUT2D eigenvalue weighted by Crippen LogP contribution is 2.67. The normalized spacial score (nSPS) is 34.7. The molecule has 0 bridgehead atoms. The number of carbonyl (C=O) groups is 3. The Bertz CT molecular complexity index is 1050. The van der Waals surface area contributed by atoms with E-state index < -0.39 is 12.0 Å². The number of allylic oxidation sites excluding steroid dienone is 2. The molecule has 3 fully saturated rings. The second-order valence-electron chi connectivity index (χ2n) is 15.6. The van der Waals surface area contributed by atoms with Crippen LogP contribution >= 0.6 is 0 Å². The van der Waals surface area contributed by atoms with Crippen LogP contribution in [0.3, 0.4) is 0 Å². The molecule has 4 aliphatic carbocycles. The summed E-state index contributed by atoms with van der Waals surface area (Å²) in [5.74, 6) is 3.28. The number of nitrogens with one attached hydrogen (secondary N) is 2. The van der Waals surface area contributed by atoms with Gasteiger partial charge < -0.3 is 15.7 Å². The predicted octanol–water partition coefficient (Wildman–Crippen LogP) is 7.69. The van der Waals surface area contributed by atoms with Gasteiger partial charge in [0.25, 0.3) is 0 Å². The highest BCUT2D eigenvalue weighted by atomic mass is 16.4. The maximum Gasteiger partial charge on any atom is 0.326 e. The zero-order valence-electron chi connectivity index (χ0n) is 27.8. The van der Waals surface area contributed by atoms with Gasteiger partial charge in [0.15, 0.2) is 0 Å². The van der Waals surface area contributed by atoms with Crippen molar-refractivity contribution in [1.82, 2.24) is 10.6 Å². The fourth-order valence-corrected chi connectivity index (χ4v) is 10.2. The van der Waals surface area contributed by atoms with E-state index in [2.05, 4.69) is 57.9 Å². The smallest absolute Gasteiger partial charge is 0.326 e. The minimum Gasteiger partial charge on any atom is -0.480 e. The van der Waals surface area contributed by atoms with Crippen LogP contribution < -0.4 is 10.6 Å². The number of unbranched alkanes of at least 4 members (excludes halogenated alkanes) is 1. The maximum atomic E-state index is 13.3. The largest absolute Gasteiger partial charge is 0.480 e. The first kappa shape index (κ1) is 33.8. The molecule has 242 valence electrons. The van der Waals surface area contributed by atoms with Gasteiger partial charge in [-0.25, -0.2) is 4.79 Å². The summed E-state index contributed by atoms with van der Waals surface area (Å²) in [6, 6.07) is -0.889. The van der Waals surface area contributed by atoms with Crippen LogP contribution in [0.4, 0.5) is 0 Å². The van der Waals surface area contributed by atoms with Crippen molar-refractivity contribution in [3.05, 3.63) is 24.3 Å². The predicted molar refractivity (Wildman–Crippen MR) is 173 cm³/mol. The molecule has 43 heavy (non-hydrogen) atoms. The van der Waals surface area contributed by atoms with Crippen LogP contribution in [0.15, 0.2) is 24.3 Å². The van der Waals surface area contributed by atoms with Gasteiger partial charge in [-0.1, -0.05) is 72.1 Å². The van der Waals surface area contributed by atoms with Crippen molar-refractivity contribution >= 4 is 17.8 Å². The highest BCUT2D eigenvalue weighted by Gasteiger charge is 2.59. The molecular weight excluding hydrogens is 536 g/mol. The molecule has 3 saturated carbocycles. The van der Waals surface area contributed by atoms with E-state index in [4.69, 9.17) is 0 Å². The summed E-state index contributed by atoms with van der Waals surface area (Å²) in [6.07, 6.45) is 18.7. The molecule has 0 aromatic carbocycles. The van der Waals surface area contributed by atoms with Gasteiger partial charge in [-0.05, 0) is 123 Å². The number of fused-ring (bicyclic) bond motifs is 5. The Hall–Kier alpha value is -2.11. The first-order valence-electron chi connectivity index (χ1n) is 17.5. The Morgan fingerprint density at radius 3 is 2.47 bits per heavy atom. The van der Waals surface area contributed by atoms with E-state index in [9.17, 15) is 19.5 Å². The van der Waals surface area contributed by atoms with Crippen LogP contribution in [0.2, 0.25) is 0 Å². The number of hydrogen-bond acceptors (Lipinski definition) is 3. The molecule has 2 amide bonds. The summed E-state index contributed by atoms with van der Waals surface area (Å²) in [5, 5.41) is 15.3. The second kappa shape index (κ2) is 14.3. The number of aliphatic carboxylic acids is 1. The Labute approximate surface area is 261 Å². The van der Waals surface area contributed by atoms with Gasteiger partial charge in [0.05, 0.1) is 0 Å². The van der Waals surface area contributed by atoms with Gasteiger partial charge in [0.1, 0.15) is 6.04 Å². The van der Waals surface area contributed by atoms with Crippen molar-refractivity contribution in [3.8, 4) is 0 Å². The molecule has 4 rings (SSSR count). The average Bonchev–Trinajstić information content (AvgIpc) is 3.32. The van der Waals surface area contributed by atoms with Crippen LogP contribution in [0, 0.1) is 52.3 Å². The second-order valence-corrected chi connectivity index (χ2v) is 15.6. The molecule has 0 aliphatic heterocycles. The lowest BCUT2D eigenvalue weighted by atomic mass is 9.46. The van der Waals surface area contributed by atoms with E-state index in [1.807, 2.05) is 0 Å². The minimum absolute atomic E-state index is 0.112. The van der Waals surface area contributed by atoms with Gasteiger partial charge >= 0.3 is 5.97 Å². The third kappa shape index (κ3) is 7.41. The molecule has 6 heteroatoms. The molecule has 4 aliphatic rings.